The summed E-state index contributed by atoms with van der Waals surface area (Å²) in [5.41, 5.74) is 1.04. The van der Waals surface area contributed by atoms with Crippen molar-refractivity contribution >= 4 is 27.5 Å². The molecule has 0 spiro atoms. The van der Waals surface area contributed by atoms with Crippen LogP contribution < -0.4 is 4.74 Å². The minimum atomic E-state index is 0.727. The summed E-state index contributed by atoms with van der Waals surface area (Å²) in [6, 6.07) is 3.72. The van der Waals surface area contributed by atoms with Crippen molar-refractivity contribution in [3.8, 4) is 5.75 Å². The molecule has 0 saturated carbocycles. The number of aryl methyl sites for hydroxylation is 1. The lowest BCUT2D eigenvalue weighted by Gasteiger charge is -2.04. The summed E-state index contributed by atoms with van der Waals surface area (Å²) in [6.07, 6.45) is 0. The van der Waals surface area contributed by atoms with Gasteiger partial charge in [-0.25, -0.2) is 0 Å². The Morgan fingerprint density at radius 1 is 1.45 bits per heavy atom. The summed E-state index contributed by atoms with van der Waals surface area (Å²) in [7, 11) is 1.62. The number of methoxy groups -OCH3 is 1. The fraction of sp³-hybridized carbons (Fsp3) is 0.250. The van der Waals surface area contributed by atoms with E-state index >= 15 is 0 Å². The second kappa shape index (κ2) is 3.46. The molecule has 0 aliphatic rings. The third kappa shape index (κ3) is 1.88. The standard InChI is InChI=1S/C8H8BrClO/c1-5-3-6(9)8(11-2)4-7(5)10/h3-4H,1-2H3. The molecule has 0 atom stereocenters. The zero-order valence-corrected chi connectivity index (χ0v) is 8.66. The summed E-state index contributed by atoms with van der Waals surface area (Å²) in [5, 5.41) is 0.727. The molecule has 0 aromatic heterocycles. The minimum absolute atomic E-state index is 0.727. The van der Waals surface area contributed by atoms with Crippen LogP contribution in [0.1, 0.15) is 5.56 Å². The van der Waals surface area contributed by atoms with Crippen LogP contribution >= 0.6 is 27.5 Å². The molecule has 11 heavy (non-hydrogen) atoms. The Morgan fingerprint density at radius 3 is 2.64 bits per heavy atom. The largest absolute Gasteiger partial charge is 0.496 e. The lowest BCUT2D eigenvalue weighted by molar-refractivity contribution is 0.412. The van der Waals surface area contributed by atoms with Gasteiger partial charge in [0.2, 0.25) is 0 Å². The number of ether oxygens (including phenoxy) is 1. The molecule has 0 aliphatic carbocycles. The van der Waals surface area contributed by atoms with Gasteiger partial charge in [-0.1, -0.05) is 11.6 Å². The maximum absolute atomic E-state index is 5.86. The topological polar surface area (TPSA) is 9.23 Å². The lowest BCUT2D eigenvalue weighted by atomic mass is 10.2. The third-order valence-corrected chi connectivity index (χ3v) is 2.46. The zero-order chi connectivity index (χ0) is 8.43. The summed E-state index contributed by atoms with van der Waals surface area (Å²) >= 11 is 9.22. The van der Waals surface area contributed by atoms with E-state index in [9.17, 15) is 0 Å². The molecule has 0 radical (unpaired) electrons. The van der Waals surface area contributed by atoms with E-state index in [2.05, 4.69) is 15.9 Å². The second-order valence-corrected chi connectivity index (χ2v) is 3.50. The van der Waals surface area contributed by atoms with Gasteiger partial charge in [0.15, 0.2) is 0 Å². The first kappa shape index (κ1) is 8.88. The smallest absolute Gasteiger partial charge is 0.134 e. The van der Waals surface area contributed by atoms with Crippen LogP contribution in [0.25, 0.3) is 0 Å². The molecule has 1 aromatic rings. The van der Waals surface area contributed by atoms with E-state index in [1.807, 2.05) is 13.0 Å². The maximum Gasteiger partial charge on any atom is 0.134 e. The molecule has 0 heterocycles. The molecule has 0 unspecified atom stereocenters. The molecule has 0 fully saturated rings. The number of hydrogen-bond acceptors (Lipinski definition) is 1. The zero-order valence-electron chi connectivity index (χ0n) is 6.32. The normalized spacial score (nSPS) is 9.82. The van der Waals surface area contributed by atoms with E-state index in [0.29, 0.717) is 0 Å². The molecular formula is C8H8BrClO. The van der Waals surface area contributed by atoms with Crippen molar-refractivity contribution in [2.24, 2.45) is 0 Å². The second-order valence-electron chi connectivity index (χ2n) is 2.24. The van der Waals surface area contributed by atoms with E-state index in [-0.39, 0.29) is 0 Å². The average molecular weight is 236 g/mol. The molecule has 0 bridgehead atoms. The Hall–Kier alpha value is -0.210. The van der Waals surface area contributed by atoms with Crippen molar-refractivity contribution in [1.82, 2.24) is 0 Å². The minimum Gasteiger partial charge on any atom is -0.496 e. The van der Waals surface area contributed by atoms with E-state index in [0.717, 1.165) is 20.8 Å². The van der Waals surface area contributed by atoms with Gasteiger partial charge in [0.05, 0.1) is 11.6 Å². The Kier molecular flexibility index (Phi) is 2.79. The fourth-order valence-corrected chi connectivity index (χ4v) is 1.56. The van der Waals surface area contributed by atoms with E-state index in [1.54, 1.807) is 13.2 Å². The van der Waals surface area contributed by atoms with E-state index in [4.69, 9.17) is 16.3 Å². The lowest BCUT2D eigenvalue weighted by Crippen LogP contribution is -1.85. The molecule has 0 saturated heterocycles. The van der Waals surface area contributed by atoms with Gasteiger partial charge in [0.1, 0.15) is 5.75 Å². The number of halogens is 2. The molecule has 0 amide bonds. The highest BCUT2D eigenvalue weighted by molar-refractivity contribution is 9.10. The van der Waals surface area contributed by atoms with Crippen LogP contribution in [-0.4, -0.2) is 7.11 Å². The molecule has 0 N–H and O–H groups in total. The van der Waals surface area contributed by atoms with E-state index < -0.39 is 0 Å². The molecule has 3 heteroatoms. The van der Waals surface area contributed by atoms with Crippen molar-refractivity contribution < 1.29 is 4.74 Å². The summed E-state index contributed by atoms with van der Waals surface area (Å²) in [5.74, 6) is 0.764. The Bertz CT molecular complexity index is 273. The molecular weight excluding hydrogens is 227 g/mol. The van der Waals surface area contributed by atoms with Gasteiger partial charge in [-0.15, -0.1) is 0 Å². The summed E-state index contributed by atoms with van der Waals surface area (Å²) in [6.45, 7) is 1.95. The maximum atomic E-state index is 5.86. The highest BCUT2D eigenvalue weighted by atomic mass is 79.9. The Labute approximate surface area is 79.4 Å². The van der Waals surface area contributed by atoms with Crippen molar-refractivity contribution in [2.45, 2.75) is 6.92 Å². The monoisotopic (exact) mass is 234 g/mol. The first-order chi connectivity index (χ1) is 5.15. The van der Waals surface area contributed by atoms with Crippen LogP contribution in [0.5, 0.6) is 5.75 Å². The van der Waals surface area contributed by atoms with Gasteiger partial charge in [0.25, 0.3) is 0 Å². The fourth-order valence-electron chi connectivity index (χ4n) is 0.784. The molecule has 0 aliphatic heterocycles. The Morgan fingerprint density at radius 2 is 2.09 bits per heavy atom. The molecule has 1 aromatic carbocycles. The van der Waals surface area contributed by atoms with Gasteiger partial charge in [0, 0.05) is 11.1 Å². The predicted molar refractivity (Wildman–Crippen MR) is 50.4 cm³/mol. The Balaban J connectivity index is 3.21. The van der Waals surface area contributed by atoms with Crippen LogP contribution in [-0.2, 0) is 0 Å². The van der Waals surface area contributed by atoms with Gasteiger partial charge in [-0.3, -0.25) is 0 Å². The van der Waals surface area contributed by atoms with Gasteiger partial charge in [-0.05, 0) is 34.5 Å². The van der Waals surface area contributed by atoms with Gasteiger partial charge < -0.3 is 4.74 Å². The van der Waals surface area contributed by atoms with Crippen LogP contribution in [0, 0.1) is 6.92 Å². The number of benzene rings is 1. The van der Waals surface area contributed by atoms with Crippen LogP contribution in [0.2, 0.25) is 5.02 Å². The van der Waals surface area contributed by atoms with Crippen molar-refractivity contribution in [2.75, 3.05) is 7.11 Å². The predicted octanol–water partition coefficient (Wildman–Crippen LogP) is 3.42. The summed E-state index contributed by atoms with van der Waals surface area (Å²) < 4.78 is 5.98. The van der Waals surface area contributed by atoms with Crippen molar-refractivity contribution in [3.63, 3.8) is 0 Å². The number of rotatable bonds is 1. The molecule has 1 nitrogen and oxygen atoms in total. The van der Waals surface area contributed by atoms with Gasteiger partial charge in [-0.2, -0.15) is 0 Å². The highest BCUT2D eigenvalue weighted by Gasteiger charge is 2.02. The summed E-state index contributed by atoms with van der Waals surface area (Å²) in [4.78, 5) is 0. The van der Waals surface area contributed by atoms with Crippen LogP contribution in [0.3, 0.4) is 0 Å². The number of hydrogen-bond donors (Lipinski definition) is 0. The molecule has 60 valence electrons. The van der Waals surface area contributed by atoms with Gasteiger partial charge >= 0.3 is 0 Å². The van der Waals surface area contributed by atoms with Crippen LogP contribution in [0.15, 0.2) is 16.6 Å². The SMILES string of the molecule is COc1cc(Cl)c(C)cc1Br. The third-order valence-electron chi connectivity index (χ3n) is 1.43. The quantitative estimate of drug-likeness (QED) is 0.725. The average Bonchev–Trinajstić information content (AvgIpc) is 1.97. The van der Waals surface area contributed by atoms with Crippen molar-refractivity contribution in [3.05, 3.63) is 27.2 Å². The van der Waals surface area contributed by atoms with E-state index in [1.165, 1.54) is 0 Å². The molecule has 1 rings (SSSR count). The highest BCUT2D eigenvalue weighted by Crippen LogP contribution is 2.30. The van der Waals surface area contributed by atoms with Crippen LogP contribution in [0.4, 0.5) is 0 Å². The van der Waals surface area contributed by atoms with Crippen molar-refractivity contribution in [1.29, 1.82) is 0 Å². The first-order valence-electron chi connectivity index (χ1n) is 3.15. The first-order valence-corrected chi connectivity index (χ1v) is 4.32.